The van der Waals surface area contributed by atoms with Crippen molar-refractivity contribution < 1.29 is 18.1 Å². The number of nitro benzene ring substituents is 1. The molecule has 1 aliphatic heterocycles. The molecule has 0 saturated carbocycles. The van der Waals surface area contributed by atoms with E-state index in [0.717, 1.165) is 25.3 Å². The maximum Gasteiger partial charge on any atom is 0.293 e. The minimum atomic E-state index is -3.76. The largest absolute Gasteiger partial charge is 0.379 e. The van der Waals surface area contributed by atoms with Crippen LogP contribution in [0.4, 0.5) is 11.4 Å². The first-order valence-electron chi connectivity index (χ1n) is 9.26. The van der Waals surface area contributed by atoms with Crippen LogP contribution in [-0.4, -0.2) is 50.5 Å². The van der Waals surface area contributed by atoms with Gasteiger partial charge >= 0.3 is 0 Å². The number of anilines is 1. The fourth-order valence-electron chi connectivity index (χ4n) is 3.40. The van der Waals surface area contributed by atoms with E-state index in [-0.39, 0.29) is 23.7 Å². The van der Waals surface area contributed by atoms with Gasteiger partial charge in [0.05, 0.1) is 23.0 Å². The molecule has 1 aromatic carbocycles. The van der Waals surface area contributed by atoms with Crippen molar-refractivity contribution in [2.45, 2.75) is 37.0 Å². The van der Waals surface area contributed by atoms with E-state index in [9.17, 15) is 18.5 Å². The summed E-state index contributed by atoms with van der Waals surface area (Å²) in [5, 5.41) is 14.6. The third kappa shape index (κ3) is 4.85. The molecule has 2 aliphatic rings. The van der Waals surface area contributed by atoms with Gasteiger partial charge in [-0.2, -0.15) is 4.31 Å². The molecule has 0 aromatic heterocycles. The van der Waals surface area contributed by atoms with Gasteiger partial charge in [0.25, 0.3) is 5.69 Å². The Kier molecular flexibility index (Phi) is 6.46. The highest BCUT2D eigenvalue weighted by Crippen LogP contribution is 2.30. The monoisotopic (exact) mass is 395 g/mol. The van der Waals surface area contributed by atoms with Crippen LogP contribution < -0.4 is 5.32 Å². The first-order chi connectivity index (χ1) is 13.0. The molecule has 0 bridgehead atoms. The number of nitro groups is 1. The maximum atomic E-state index is 12.7. The van der Waals surface area contributed by atoms with Gasteiger partial charge in [-0.25, -0.2) is 8.42 Å². The first kappa shape index (κ1) is 19.8. The molecular weight excluding hydrogens is 370 g/mol. The summed E-state index contributed by atoms with van der Waals surface area (Å²) in [6.45, 7) is 1.76. The van der Waals surface area contributed by atoms with Gasteiger partial charge in [0, 0.05) is 25.7 Å². The molecule has 0 spiro atoms. The lowest BCUT2D eigenvalue weighted by atomic mass is 9.97. The number of rotatable bonds is 7. The molecule has 0 unspecified atom stereocenters. The second-order valence-corrected chi connectivity index (χ2v) is 8.68. The van der Waals surface area contributed by atoms with Crippen LogP contribution in [0.25, 0.3) is 0 Å². The van der Waals surface area contributed by atoms with Gasteiger partial charge < -0.3 is 10.1 Å². The Morgan fingerprint density at radius 3 is 2.67 bits per heavy atom. The van der Waals surface area contributed by atoms with Gasteiger partial charge in [-0.15, -0.1) is 0 Å². The summed E-state index contributed by atoms with van der Waals surface area (Å²) < 4.78 is 31.9. The quantitative estimate of drug-likeness (QED) is 0.433. The van der Waals surface area contributed by atoms with E-state index in [1.54, 1.807) is 0 Å². The third-order valence-corrected chi connectivity index (χ3v) is 6.81. The van der Waals surface area contributed by atoms with Crippen molar-refractivity contribution in [2.24, 2.45) is 0 Å². The van der Waals surface area contributed by atoms with Crippen LogP contribution in [0.15, 0.2) is 34.7 Å². The lowest BCUT2D eigenvalue weighted by molar-refractivity contribution is -0.384. The molecule has 1 N–H and O–H groups in total. The normalized spacial score (nSPS) is 18.7. The summed E-state index contributed by atoms with van der Waals surface area (Å²) in [7, 11) is -3.76. The van der Waals surface area contributed by atoms with Crippen molar-refractivity contribution in [3.8, 4) is 0 Å². The predicted molar refractivity (Wildman–Crippen MR) is 102 cm³/mol. The van der Waals surface area contributed by atoms with Crippen molar-refractivity contribution in [1.29, 1.82) is 0 Å². The van der Waals surface area contributed by atoms with Gasteiger partial charge in [-0.3, -0.25) is 10.1 Å². The van der Waals surface area contributed by atoms with E-state index in [1.807, 2.05) is 0 Å². The number of ether oxygens (including phenoxy) is 1. The van der Waals surface area contributed by atoms with Crippen molar-refractivity contribution in [2.75, 3.05) is 38.2 Å². The van der Waals surface area contributed by atoms with Gasteiger partial charge in [-0.1, -0.05) is 11.6 Å². The lowest BCUT2D eigenvalue weighted by Crippen LogP contribution is -2.40. The van der Waals surface area contributed by atoms with E-state index in [4.69, 9.17) is 4.74 Å². The molecule has 1 saturated heterocycles. The fraction of sp³-hybridized carbons (Fsp3) is 0.556. The summed E-state index contributed by atoms with van der Waals surface area (Å²) in [6, 6.07) is 4.06. The first-order valence-corrected chi connectivity index (χ1v) is 10.7. The van der Waals surface area contributed by atoms with Gasteiger partial charge in [0.15, 0.2) is 0 Å². The molecule has 1 fully saturated rings. The maximum absolute atomic E-state index is 12.7. The van der Waals surface area contributed by atoms with Crippen molar-refractivity contribution in [3.63, 3.8) is 0 Å². The number of hydrogen-bond acceptors (Lipinski definition) is 6. The Balaban J connectivity index is 1.74. The molecule has 0 amide bonds. The van der Waals surface area contributed by atoms with E-state index < -0.39 is 14.9 Å². The topological polar surface area (TPSA) is 102 Å². The molecule has 1 aliphatic carbocycles. The standard InChI is InChI=1S/C18H25N3O5S/c22-21(23)18-14-16(27(24,25)20-10-12-26-13-11-20)6-7-17(18)19-9-8-15-4-2-1-3-5-15/h4,6-7,14,19H,1-3,5,8-13H2. The van der Waals surface area contributed by atoms with E-state index in [0.29, 0.717) is 25.4 Å². The number of hydrogen-bond donors (Lipinski definition) is 1. The Bertz CT molecular complexity index is 816. The molecule has 27 heavy (non-hydrogen) atoms. The average molecular weight is 395 g/mol. The molecule has 3 rings (SSSR count). The van der Waals surface area contributed by atoms with Gasteiger partial charge in [0.1, 0.15) is 5.69 Å². The van der Waals surface area contributed by atoms with Crippen LogP contribution >= 0.6 is 0 Å². The molecule has 0 atom stereocenters. The Morgan fingerprint density at radius 2 is 2.00 bits per heavy atom. The Morgan fingerprint density at radius 1 is 1.22 bits per heavy atom. The average Bonchev–Trinajstić information content (AvgIpc) is 2.69. The fourth-order valence-corrected chi connectivity index (χ4v) is 4.83. The van der Waals surface area contributed by atoms with E-state index in [1.165, 1.54) is 34.9 Å². The molecule has 9 heteroatoms. The van der Waals surface area contributed by atoms with Crippen LogP contribution in [0, 0.1) is 10.1 Å². The summed E-state index contributed by atoms with van der Waals surface area (Å²) in [6.07, 6.45) is 7.69. The number of allylic oxidation sites excluding steroid dienone is 1. The number of nitrogens with one attached hydrogen (secondary N) is 1. The highest BCUT2D eigenvalue weighted by molar-refractivity contribution is 7.89. The van der Waals surface area contributed by atoms with Crippen LogP contribution in [0.2, 0.25) is 0 Å². The SMILES string of the molecule is O=[N+]([O-])c1cc(S(=O)(=O)N2CCOCC2)ccc1NCCC1=CCCCC1. The molecular formula is C18H25N3O5S. The second kappa shape index (κ2) is 8.81. The Hall–Kier alpha value is -1.97. The minimum Gasteiger partial charge on any atom is -0.379 e. The predicted octanol–water partition coefficient (Wildman–Crippen LogP) is 2.92. The van der Waals surface area contributed by atoms with Crippen molar-refractivity contribution >= 4 is 21.4 Å². The minimum absolute atomic E-state index is 0.0587. The zero-order chi connectivity index (χ0) is 19.3. The zero-order valence-electron chi connectivity index (χ0n) is 15.2. The van der Waals surface area contributed by atoms with Crippen molar-refractivity contribution in [1.82, 2.24) is 4.31 Å². The molecule has 0 radical (unpaired) electrons. The number of morpholine rings is 1. The summed E-state index contributed by atoms with van der Waals surface area (Å²) in [5.74, 6) is 0. The highest BCUT2D eigenvalue weighted by atomic mass is 32.2. The van der Waals surface area contributed by atoms with Crippen molar-refractivity contribution in [3.05, 3.63) is 40.0 Å². The number of nitrogens with zero attached hydrogens (tertiary/aromatic N) is 2. The molecule has 148 valence electrons. The number of sulfonamides is 1. The highest BCUT2D eigenvalue weighted by Gasteiger charge is 2.28. The van der Waals surface area contributed by atoms with E-state index >= 15 is 0 Å². The zero-order valence-corrected chi connectivity index (χ0v) is 16.0. The van der Waals surface area contributed by atoms with Crippen LogP contribution in [0.3, 0.4) is 0 Å². The summed E-state index contributed by atoms with van der Waals surface area (Å²) >= 11 is 0. The van der Waals surface area contributed by atoms with Crippen LogP contribution in [0.5, 0.6) is 0 Å². The molecule has 8 nitrogen and oxygen atoms in total. The van der Waals surface area contributed by atoms with Crippen LogP contribution in [0.1, 0.15) is 32.1 Å². The lowest BCUT2D eigenvalue weighted by Gasteiger charge is -2.26. The molecule has 1 aromatic rings. The van der Waals surface area contributed by atoms with Gasteiger partial charge in [-0.05, 0) is 44.2 Å². The third-order valence-electron chi connectivity index (χ3n) is 4.92. The summed E-state index contributed by atoms with van der Waals surface area (Å²) in [5.41, 5.74) is 1.50. The van der Waals surface area contributed by atoms with Gasteiger partial charge in [0.2, 0.25) is 10.0 Å². The molecule has 1 heterocycles. The Labute approximate surface area is 159 Å². The van der Waals surface area contributed by atoms with E-state index in [2.05, 4.69) is 11.4 Å². The number of benzene rings is 1. The smallest absolute Gasteiger partial charge is 0.293 e. The second-order valence-electron chi connectivity index (χ2n) is 6.74. The van der Waals surface area contributed by atoms with Crippen LogP contribution in [-0.2, 0) is 14.8 Å². The summed E-state index contributed by atoms with van der Waals surface area (Å²) in [4.78, 5) is 10.9.